The van der Waals surface area contributed by atoms with Crippen molar-refractivity contribution in [2.24, 2.45) is 0 Å². The van der Waals surface area contributed by atoms with E-state index in [0.29, 0.717) is 17.5 Å². The van der Waals surface area contributed by atoms with Crippen LogP contribution in [0, 0.1) is 0 Å². The van der Waals surface area contributed by atoms with Crippen LogP contribution in [0.15, 0.2) is 188 Å². The molecule has 59 heavy (non-hydrogen) atoms. The number of benzene rings is 8. The number of aromatic nitrogens is 3. The normalized spacial score (nSPS) is 12.8. The Bertz CT molecular complexity index is 2980. The Morgan fingerprint density at radius 1 is 0.322 bits per heavy atom. The molecule has 0 N–H and O–H groups in total. The number of fused-ring (bicyclic) bond motifs is 6. The van der Waals surface area contributed by atoms with Gasteiger partial charge in [-0.3, -0.25) is 0 Å². The van der Waals surface area contributed by atoms with E-state index < -0.39 is 0 Å². The Balaban J connectivity index is 0.00000420. The molecule has 0 bridgehead atoms. The highest BCUT2D eigenvalue weighted by atomic mass is 15.0. The van der Waals surface area contributed by atoms with E-state index in [-0.39, 0.29) is 12.8 Å². The first-order valence-corrected chi connectivity index (χ1v) is 20.1. The zero-order valence-corrected chi connectivity index (χ0v) is 32.4. The van der Waals surface area contributed by atoms with Crippen LogP contribution in [0.1, 0.15) is 43.5 Å². The van der Waals surface area contributed by atoms with E-state index in [1.165, 1.54) is 61.2 Å². The molecule has 282 valence electrons. The van der Waals surface area contributed by atoms with Crippen molar-refractivity contribution in [3.05, 3.63) is 210 Å². The van der Waals surface area contributed by atoms with Gasteiger partial charge in [0.25, 0.3) is 0 Å². The molecule has 3 heteroatoms. The second-order valence-electron chi connectivity index (χ2n) is 16.0. The van der Waals surface area contributed by atoms with E-state index in [2.05, 4.69) is 166 Å². The fourth-order valence-electron chi connectivity index (χ4n) is 9.30. The first kappa shape index (κ1) is 36.1. The molecule has 1 aromatic heterocycles. The molecule has 3 nitrogen and oxygen atoms in total. The van der Waals surface area contributed by atoms with Crippen LogP contribution in [0.3, 0.4) is 0 Å². The molecule has 2 aliphatic carbocycles. The lowest BCUT2D eigenvalue weighted by molar-refractivity contribution is 0.660. The van der Waals surface area contributed by atoms with Crippen molar-refractivity contribution >= 4 is 0 Å². The summed E-state index contributed by atoms with van der Waals surface area (Å²) in [6, 6.07) is 67.4. The lowest BCUT2D eigenvalue weighted by atomic mass is 9.81. The van der Waals surface area contributed by atoms with E-state index in [1.54, 1.807) is 0 Å². The maximum Gasteiger partial charge on any atom is 0.164 e. The molecule has 2 aliphatic rings. The van der Waals surface area contributed by atoms with E-state index in [9.17, 15) is 0 Å². The molecule has 1 heterocycles. The fraction of sp³-hybridized carbons (Fsp3) is 0.0893. The van der Waals surface area contributed by atoms with Crippen molar-refractivity contribution in [3.63, 3.8) is 0 Å². The molecule has 0 saturated carbocycles. The number of hydrogen-bond acceptors (Lipinski definition) is 3. The Morgan fingerprint density at radius 2 is 0.763 bits per heavy atom. The molecule has 0 saturated heterocycles. The number of rotatable bonds is 6. The Hall–Kier alpha value is -7.23. The first-order valence-electron chi connectivity index (χ1n) is 20.1. The molecule has 0 fully saturated rings. The summed E-state index contributed by atoms with van der Waals surface area (Å²) < 4.78 is 0. The number of hydrogen-bond donors (Lipinski definition) is 0. The van der Waals surface area contributed by atoms with Crippen molar-refractivity contribution in [3.8, 4) is 89.8 Å². The Morgan fingerprint density at radius 3 is 1.37 bits per heavy atom. The fourth-order valence-corrected chi connectivity index (χ4v) is 9.30. The highest BCUT2D eigenvalue weighted by molar-refractivity contribution is 5.92. The monoisotopic (exact) mass is 757 g/mol. The van der Waals surface area contributed by atoms with Crippen LogP contribution in [-0.4, -0.2) is 15.0 Å². The molecule has 9 aromatic rings. The number of nitrogens with zero attached hydrogens (tertiary/aromatic N) is 3. The summed E-state index contributed by atoms with van der Waals surface area (Å²) in [6.07, 6.45) is 0.852. The van der Waals surface area contributed by atoms with Crippen LogP contribution >= 0.6 is 0 Å². The molecule has 0 radical (unpaired) electrons. The molecule has 0 spiro atoms. The van der Waals surface area contributed by atoms with Gasteiger partial charge in [0.1, 0.15) is 0 Å². The van der Waals surface area contributed by atoms with Gasteiger partial charge in [-0.05, 0) is 109 Å². The van der Waals surface area contributed by atoms with Gasteiger partial charge in [0.2, 0.25) is 0 Å². The van der Waals surface area contributed by atoms with Gasteiger partial charge in [0, 0.05) is 22.1 Å². The predicted molar refractivity (Wildman–Crippen MR) is 245 cm³/mol. The Labute approximate surface area is 346 Å². The van der Waals surface area contributed by atoms with Gasteiger partial charge in [0.05, 0.1) is 0 Å². The van der Waals surface area contributed by atoms with Gasteiger partial charge in [-0.25, -0.2) is 15.0 Å². The zero-order chi connectivity index (χ0) is 38.8. The molecular formula is C56H43N3. The van der Waals surface area contributed by atoms with Crippen LogP contribution in [-0.2, 0) is 11.8 Å². The van der Waals surface area contributed by atoms with Gasteiger partial charge < -0.3 is 0 Å². The maximum atomic E-state index is 5.14. The minimum atomic E-state index is -0.0558. The lowest BCUT2D eigenvalue weighted by Crippen LogP contribution is -2.14. The van der Waals surface area contributed by atoms with Crippen LogP contribution in [0.25, 0.3) is 89.8 Å². The minimum absolute atomic E-state index is 0. The summed E-state index contributed by atoms with van der Waals surface area (Å²) in [5.74, 6) is 1.95. The Kier molecular flexibility index (Phi) is 8.76. The minimum Gasteiger partial charge on any atom is -0.208 e. The van der Waals surface area contributed by atoms with Gasteiger partial charge in [0.15, 0.2) is 17.5 Å². The van der Waals surface area contributed by atoms with Crippen LogP contribution in [0.4, 0.5) is 0 Å². The first-order chi connectivity index (χ1) is 28.5. The van der Waals surface area contributed by atoms with Crippen LogP contribution in [0.2, 0.25) is 0 Å². The van der Waals surface area contributed by atoms with Gasteiger partial charge >= 0.3 is 0 Å². The molecular weight excluding hydrogens is 715 g/mol. The predicted octanol–water partition coefficient (Wildman–Crippen LogP) is 14.4. The third-order valence-electron chi connectivity index (χ3n) is 12.2. The quantitative estimate of drug-likeness (QED) is 0.170. The highest BCUT2D eigenvalue weighted by Gasteiger charge is 2.35. The van der Waals surface area contributed by atoms with Crippen LogP contribution in [0.5, 0.6) is 0 Å². The van der Waals surface area contributed by atoms with Crippen molar-refractivity contribution in [1.82, 2.24) is 15.0 Å². The average molecular weight is 758 g/mol. The summed E-state index contributed by atoms with van der Waals surface area (Å²) in [7, 11) is 0. The average Bonchev–Trinajstić information content (AvgIpc) is 3.79. The maximum absolute atomic E-state index is 5.14. The van der Waals surface area contributed by atoms with E-state index >= 15 is 0 Å². The second kappa shape index (κ2) is 14.3. The van der Waals surface area contributed by atoms with E-state index in [4.69, 9.17) is 15.0 Å². The highest BCUT2D eigenvalue weighted by Crippen LogP contribution is 2.51. The van der Waals surface area contributed by atoms with Crippen LogP contribution < -0.4 is 0 Å². The van der Waals surface area contributed by atoms with Crippen molar-refractivity contribution in [2.45, 2.75) is 33.1 Å². The standard InChI is InChI=1S/C55H39N3.CH4/c1-55(2)50-27-13-12-22-46(50)47-29-28-38(33-51(47)55)42-23-14-25-44-45-26-15-24-43(49(45)34-48(42)44)40-30-39(35-16-6-3-7-17-35)31-41(32-40)54-57-52(36-18-8-4-9-19-36)56-53(58-54)37-20-10-5-11-21-37;/h3-33H,34H2,1-2H3;1H4. The van der Waals surface area contributed by atoms with Crippen molar-refractivity contribution in [2.75, 3.05) is 0 Å². The SMILES string of the molecule is C.CC1(C)c2ccccc2-c2ccc(-c3cccc4c3Cc3c(-c5cc(-c6ccccc6)cc(-c6nc(-c7ccccc7)nc(-c7ccccc7)n6)c5)cccc3-4)cc21. The zero-order valence-electron chi connectivity index (χ0n) is 32.4. The van der Waals surface area contributed by atoms with Crippen molar-refractivity contribution < 1.29 is 0 Å². The van der Waals surface area contributed by atoms with Gasteiger partial charge in [-0.15, -0.1) is 0 Å². The van der Waals surface area contributed by atoms with E-state index in [0.717, 1.165) is 39.8 Å². The lowest BCUT2D eigenvalue weighted by Gasteiger charge is -2.22. The molecule has 0 atom stereocenters. The molecule has 0 aliphatic heterocycles. The van der Waals surface area contributed by atoms with Gasteiger partial charge in [-0.1, -0.05) is 185 Å². The summed E-state index contributed by atoms with van der Waals surface area (Å²) in [5.41, 5.74) is 20.9. The summed E-state index contributed by atoms with van der Waals surface area (Å²) in [4.78, 5) is 15.3. The molecule has 0 unspecified atom stereocenters. The largest absolute Gasteiger partial charge is 0.208 e. The summed E-state index contributed by atoms with van der Waals surface area (Å²) in [5, 5.41) is 0. The summed E-state index contributed by atoms with van der Waals surface area (Å²) in [6.45, 7) is 4.72. The second-order valence-corrected chi connectivity index (χ2v) is 16.0. The molecule has 11 rings (SSSR count). The van der Waals surface area contributed by atoms with Crippen molar-refractivity contribution in [1.29, 1.82) is 0 Å². The molecule has 8 aromatic carbocycles. The summed E-state index contributed by atoms with van der Waals surface area (Å²) >= 11 is 0. The van der Waals surface area contributed by atoms with E-state index in [1.807, 2.05) is 36.4 Å². The third kappa shape index (κ3) is 6.09. The topological polar surface area (TPSA) is 38.7 Å². The molecule has 0 amide bonds. The van der Waals surface area contributed by atoms with Gasteiger partial charge in [-0.2, -0.15) is 0 Å². The smallest absolute Gasteiger partial charge is 0.164 e. The third-order valence-corrected chi connectivity index (χ3v) is 12.2.